The predicted molar refractivity (Wildman–Crippen MR) is 88.8 cm³/mol. The van der Waals surface area contributed by atoms with Crippen molar-refractivity contribution in [3.05, 3.63) is 35.4 Å². The van der Waals surface area contributed by atoms with Gasteiger partial charge < -0.3 is 10.0 Å². The molecule has 2 rings (SSSR count). The van der Waals surface area contributed by atoms with Crippen molar-refractivity contribution in [1.82, 2.24) is 9.80 Å². The van der Waals surface area contributed by atoms with Gasteiger partial charge in [-0.3, -0.25) is 4.90 Å². The Morgan fingerprint density at radius 2 is 1.67 bits per heavy atom. The number of hydrogen-bond donors (Lipinski definition) is 1. The standard InChI is InChI=1S/C18H27F3N2O/c1-3-8-22-9-5-10-23(12-11-22)14-17(2,24)15-6-4-7-16(13-15)18(19,20)21/h4,6-7,13,24H,3,5,8-12,14H2,1-2H3. The fourth-order valence-corrected chi connectivity index (χ4v) is 3.28. The van der Waals surface area contributed by atoms with Crippen molar-refractivity contribution < 1.29 is 18.3 Å². The van der Waals surface area contributed by atoms with Gasteiger partial charge in [-0.15, -0.1) is 0 Å². The molecule has 0 spiro atoms. The summed E-state index contributed by atoms with van der Waals surface area (Å²) in [6.45, 7) is 8.82. The Hall–Kier alpha value is -1.11. The molecule has 1 heterocycles. The number of alkyl halides is 3. The zero-order chi connectivity index (χ0) is 17.8. The monoisotopic (exact) mass is 344 g/mol. The Bertz CT molecular complexity index is 531. The highest BCUT2D eigenvalue weighted by Crippen LogP contribution is 2.32. The third kappa shape index (κ3) is 5.19. The Kier molecular flexibility index (Phi) is 6.28. The van der Waals surface area contributed by atoms with Gasteiger partial charge in [0, 0.05) is 19.6 Å². The number of halogens is 3. The van der Waals surface area contributed by atoms with E-state index in [1.807, 2.05) is 0 Å². The zero-order valence-corrected chi connectivity index (χ0v) is 14.4. The fourth-order valence-electron chi connectivity index (χ4n) is 3.28. The lowest BCUT2D eigenvalue weighted by molar-refractivity contribution is -0.137. The van der Waals surface area contributed by atoms with Gasteiger partial charge in [-0.1, -0.05) is 19.1 Å². The normalized spacial score (nSPS) is 20.6. The Morgan fingerprint density at radius 1 is 1.04 bits per heavy atom. The minimum atomic E-state index is -4.39. The fraction of sp³-hybridized carbons (Fsp3) is 0.667. The van der Waals surface area contributed by atoms with Gasteiger partial charge in [0.05, 0.1) is 11.2 Å². The lowest BCUT2D eigenvalue weighted by atomic mass is 9.93. The van der Waals surface area contributed by atoms with Crippen LogP contribution in [0.15, 0.2) is 24.3 Å². The first-order valence-corrected chi connectivity index (χ1v) is 8.57. The molecule has 0 amide bonds. The smallest absolute Gasteiger partial charge is 0.384 e. The number of hydrogen-bond acceptors (Lipinski definition) is 3. The van der Waals surface area contributed by atoms with E-state index in [4.69, 9.17) is 0 Å². The molecule has 24 heavy (non-hydrogen) atoms. The van der Waals surface area contributed by atoms with E-state index in [0.29, 0.717) is 12.1 Å². The summed E-state index contributed by atoms with van der Waals surface area (Å²) in [5, 5.41) is 10.8. The van der Waals surface area contributed by atoms with Crippen molar-refractivity contribution in [2.24, 2.45) is 0 Å². The molecule has 3 nitrogen and oxygen atoms in total. The molecule has 0 bridgehead atoms. The predicted octanol–water partition coefficient (Wildman–Crippen LogP) is 3.33. The second-order valence-electron chi connectivity index (χ2n) is 6.82. The molecule has 1 aliphatic heterocycles. The largest absolute Gasteiger partial charge is 0.416 e. The van der Waals surface area contributed by atoms with Crippen molar-refractivity contribution in [2.75, 3.05) is 39.3 Å². The summed E-state index contributed by atoms with van der Waals surface area (Å²) in [6.07, 6.45) is -2.27. The van der Waals surface area contributed by atoms with Crippen LogP contribution in [0.25, 0.3) is 0 Å². The summed E-state index contributed by atoms with van der Waals surface area (Å²) in [4.78, 5) is 4.55. The molecule has 0 aromatic heterocycles. The van der Waals surface area contributed by atoms with E-state index >= 15 is 0 Å². The molecule has 1 unspecified atom stereocenters. The Labute approximate surface area is 142 Å². The van der Waals surface area contributed by atoms with Crippen LogP contribution < -0.4 is 0 Å². The van der Waals surface area contributed by atoms with Gasteiger partial charge >= 0.3 is 6.18 Å². The van der Waals surface area contributed by atoms with E-state index in [2.05, 4.69) is 16.7 Å². The number of rotatable bonds is 5. The van der Waals surface area contributed by atoms with Crippen LogP contribution in [0.5, 0.6) is 0 Å². The molecule has 6 heteroatoms. The molecule has 1 saturated heterocycles. The summed E-state index contributed by atoms with van der Waals surface area (Å²) >= 11 is 0. The van der Waals surface area contributed by atoms with Gasteiger partial charge in [0.15, 0.2) is 0 Å². The van der Waals surface area contributed by atoms with E-state index in [-0.39, 0.29) is 0 Å². The molecule has 1 N–H and O–H groups in total. The first-order valence-electron chi connectivity index (χ1n) is 8.57. The SMILES string of the molecule is CCCN1CCCN(CC(C)(O)c2cccc(C(F)(F)F)c2)CC1. The van der Waals surface area contributed by atoms with Crippen molar-refractivity contribution in [3.63, 3.8) is 0 Å². The second-order valence-corrected chi connectivity index (χ2v) is 6.82. The van der Waals surface area contributed by atoms with Crippen LogP contribution in [0.4, 0.5) is 13.2 Å². The summed E-state index contributed by atoms with van der Waals surface area (Å²) in [7, 11) is 0. The van der Waals surface area contributed by atoms with Crippen molar-refractivity contribution in [2.45, 2.75) is 38.5 Å². The first kappa shape index (κ1) is 19.2. The molecule has 1 atom stereocenters. The summed E-state index contributed by atoms with van der Waals surface area (Å²) in [6, 6.07) is 5.02. The molecule has 0 radical (unpaired) electrons. The highest BCUT2D eigenvalue weighted by Gasteiger charge is 2.33. The van der Waals surface area contributed by atoms with Crippen molar-refractivity contribution in [3.8, 4) is 0 Å². The highest BCUT2D eigenvalue weighted by atomic mass is 19.4. The maximum absolute atomic E-state index is 12.9. The van der Waals surface area contributed by atoms with Gasteiger partial charge in [0.1, 0.15) is 0 Å². The summed E-state index contributed by atoms with van der Waals surface area (Å²) < 4.78 is 38.7. The van der Waals surface area contributed by atoms with Crippen LogP contribution in [0.1, 0.15) is 37.8 Å². The average Bonchev–Trinajstić information content (AvgIpc) is 2.72. The topological polar surface area (TPSA) is 26.7 Å². The van der Waals surface area contributed by atoms with Crippen LogP contribution in [-0.2, 0) is 11.8 Å². The van der Waals surface area contributed by atoms with Crippen LogP contribution in [-0.4, -0.2) is 54.2 Å². The molecule has 1 aromatic carbocycles. The van der Waals surface area contributed by atoms with Gasteiger partial charge in [0.25, 0.3) is 0 Å². The van der Waals surface area contributed by atoms with E-state index in [1.54, 1.807) is 13.0 Å². The molecule has 0 saturated carbocycles. The summed E-state index contributed by atoms with van der Waals surface area (Å²) in [5.41, 5.74) is -1.71. The number of nitrogens with zero attached hydrogens (tertiary/aromatic N) is 2. The highest BCUT2D eigenvalue weighted by molar-refractivity contribution is 5.29. The van der Waals surface area contributed by atoms with E-state index in [9.17, 15) is 18.3 Å². The van der Waals surface area contributed by atoms with Crippen LogP contribution >= 0.6 is 0 Å². The Morgan fingerprint density at radius 3 is 2.33 bits per heavy atom. The Balaban J connectivity index is 2.05. The van der Waals surface area contributed by atoms with Crippen molar-refractivity contribution >= 4 is 0 Å². The second kappa shape index (κ2) is 7.85. The van der Waals surface area contributed by atoms with Crippen LogP contribution in [0.2, 0.25) is 0 Å². The van der Waals surface area contributed by atoms with E-state index in [0.717, 1.165) is 57.7 Å². The molecule has 1 aromatic rings. The zero-order valence-electron chi connectivity index (χ0n) is 14.4. The number of benzene rings is 1. The third-order valence-corrected chi connectivity index (χ3v) is 4.56. The van der Waals surface area contributed by atoms with E-state index in [1.165, 1.54) is 6.07 Å². The average molecular weight is 344 g/mol. The molecular weight excluding hydrogens is 317 g/mol. The minimum Gasteiger partial charge on any atom is -0.384 e. The van der Waals surface area contributed by atoms with Gasteiger partial charge in [0.2, 0.25) is 0 Å². The maximum Gasteiger partial charge on any atom is 0.416 e. The van der Waals surface area contributed by atoms with Crippen LogP contribution in [0, 0.1) is 0 Å². The lowest BCUT2D eigenvalue weighted by Crippen LogP contribution is -2.41. The maximum atomic E-state index is 12.9. The summed E-state index contributed by atoms with van der Waals surface area (Å²) in [5.74, 6) is 0. The first-order chi connectivity index (χ1) is 11.2. The van der Waals surface area contributed by atoms with Gasteiger partial charge in [-0.25, -0.2) is 0 Å². The number of β-amino-alcohol motifs (C(OH)–C–C–N with tert-alkyl or cyclic N) is 1. The lowest BCUT2D eigenvalue weighted by Gasteiger charge is -2.31. The van der Waals surface area contributed by atoms with E-state index < -0.39 is 17.3 Å². The third-order valence-electron chi connectivity index (χ3n) is 4.56. The molecular formula is C18H27F3N2O. The molecule has 0 aliphatic carbocycles. The molecule has 1 fully saturated rings. The van der Waals surface area contributed by atoms with Crippen LogP contribution in [0.3, 0.4) is 0 Å². The van der Waals surface area contributed by atoms with Gasteiger partial charge in [-0.05, 0) is 57.1 Å². The number of aliphatic hydroxyl groups is 1. The molecule has 1 aliphatic rings. The van der Waals surface area contributed by atoms with Crippen molar-refractivity contribution in [1.29, 1.82) is 0 Å². The molecule has 136 valence electrons. The van der Waals surface area contributed by atoms with Gasteiger partial charge in [-0.2, -0.15) is 13.2 Å². The minimum absolute atomic E-state index is 0.312. The quantitative estimate of drug-likeness (QED) is 0.888.